The van der Waals surface area contributed by atoms with E-state index in [2.05, 4.69) is 15.3 Å². The van der Waals surface area contributed by atoms with Gasteiger partial charge in [0.25, 0.3) is 0 Å². The second-order valence-electron chi connectivity index (χ2n) is 8.79. The van der Waals surface area contributed by atoms with Gasteiger partial charge in [0.2, 0.25) is 5.78 Å². The number of hydrogen-bond acceptors (Lipinski definition) is 10. The number of carbonyl (C=O) groups excluding carboxylic acids is 1. The van der Waals surface area contributed by atoms with Gasteiger partial charge in [0, 0.05) is 34.8 Å². The van der Waals surface area contributed by atoms with Crippen LogP contribution in [0.15, 0.2) is 42.9 Å². The average molecular weight is 567 g/mol. The van der Waals surface area contributed by atoms with E-state index in [1.807, 2.05) is 0 Å². The summed E-state index contributed by atoms with van der Waals surface area (Å²) in [6.45, 7) is 0.243. The lowest BCUT2D eigenvalue weighted by Gasteiger charge is -2.15. The van der Waals surface area contributed by atoms with Gasteiger partial charge >= 0.3 is 10.3 Å². The molecule has 0 spiro atoms. The molecule has 0 amide bonds. The third-order valence-corrected chi connectivity index (χ3v) is 7.93. The van der Waals surface area contributed by atoms with Crippen LogP contribution >= 0.6 is 22.9 Å². The topological polar surface area (TPSA) is 154 Å². The highest BCUT2D eigenvalue weighted by molar-refractivity contribution is 7.84. The zero-order valence-electron chi connectivity index (χ0n) is 20.0. The molecule has 1 aliphatic rings. The second kappa shape index (κ2) is 11.9. The van der Waals surface area contributed by atoms with E-state index in [-0.39, 0.29) is 31.0 Å². The van der Waals surface area contributed by atoms with Crippen molar-refractivity contribution in [1.82, 2.24) is 9.97 Å². The summed E-state index contributed by atoms with van der Waals surface area (Å²) in [5, 5.41) is 19.8. The fraction of sp³-hybridized carbons (Fsp3) is 0.375. The number of anilines is 1. The molecule has 4 rings (SSSR count). The fourth-order valence-corrected chi connectivity index (χ4v) is 6.07. The second-order valence-corrected chi connectivity index (χ2v) is 11.6. The standard InChI is InChI=1S/C24H27ClN4O6S2/c1-34-12-21-18(22(30)15-3-2-4-16(25)8-15)9-20(36-21)23(31)19-10-27-13-28-24(19)29-17-6-5-14(7-17)11-35-37(26,32)33/h2-4,8-10,13-14,17,22,30H,5-7,11-12H2,1H3,(H2,26,32,33)(H,27,28,29)/t14-,17+,22?/m1/s1. The number of thiophene rings is 1. The average Bonchev–Trinajstić information content (AvgIpc) is 3.49. The number of nitrogens with one attached hydrogen (secondary N) is 1. The van der Waals surface area contributed by atoms with Gasteiger partial charge in [0.05, 0.1) is 23.7 Å². The Kier molecular flexibility index (Phi) is 8.90. The molecule has 1 unspecified atom stereocenters. The van der Waals surface area contributed by atoms with E-state index in [9.17, 15) is 18.3 Å². The van der Waals surface area contributed by atoms with Crippen LogP contribution < -0.4 is 10.5 Å². The minimum atomic E-state index is -3.99. The van der Waals surface area contributed by atoms with Crippen LogP contribution in [0, 0.1) is 5.92 Å². The summed E-state index contributed by atoms with van der Waals surface area (Å²) in [5.74, 6) is 0.111. The monoisotopic (exact) mass is 566 g/mol. The van der Waals surface area contributed by atoms with Crippen LogP contribution in [0.4, 0.5) is 5.82 Å². The SMILES string of the molecule is COCc1sc(C(=O)c2cncnc2N[C@H]2CC[C@@H](COS(N)(=O)=O)C2)cc1C(O)c1cccc(Cl)c1. The van der Waals surface area contributed by atoms with Crippen molar-refractivity contribution >= 4 is 44.8 Å². The Hall–Kier alpha value is -2.45. The van der Waals surface area contributed by atoms with Crippen molar-refractivity contribution in [2.75, 3.05) is 19.0 Å². The largest absolute Gasteiger partial charge is 0.384 e. The molecule has 13 heteroatoms. The molecule has 3 aromatic rings. The fourth-order valence-electron chi connectivity index (χ4n) is 4.37. The summed E-state index contributed by atoms with van der Waals surface area (Å²) in [7, 11) is -2.44. The third kappa shape index (κ3) is 7.11. The normalized spacial score (nSPS) is 18.6. The Bertz CT molecular complexity index is 1370. The minimum absolute atomic E-state index is 0.0150. The number of aliphatic hydroxyl groups excluding tert-OH is 1. The van der Waals surface area contributed by atoms with Crippen molar-refractivity contribution in [3.8, 4) is 0 Å². The molecule has 4 N–H and O–H groups in total. The van der Waals surface area contributed by atoms with Gasteiger partial charge in [-0.2, -0.15) is 8.42 Å². The summed E-state index contributed by atoms with van der Waals surface area (Å²) in [4.78, 5) is 23.0. The molecule has 1 fully saturated rings. The summed E-state index contributed by atoms with van der Waals surface area (Å²) in [6, 6.07) is 8.56. The lowest BCUT2D eigenvalue weighted by atomic mass is 10.0. The lowest BCUT2D eigenvalue weighted by Crippen LogP contribution is -2.22. The first kappa shape index (κ1) is 27.6. The van der Waals surface area contributed by atoms with Crippen molar-refractivity contribution in [2.45, 2.75) is 38.0 Å². The molecule has 10 nitrogen and oxygen atoms in total. The van der Waals surface area contributed by atoms with E-state index in [1.165, 1.54) is 23.9 Å². The number of carbonyl (C=O) groups is 1. The van der Waals surface area contributed by atoms with Crippen molar-refractivity contribution < 1.29 is 27.2 Å². The van der Waals surface area contributed by atoms with Crippen molar-refractivity contribution in [1.29, 1.82) is 0 Å². The molecule has 2 aromatic heterocycles. The highest BCUT2D eigenvalue weighted by Crippen LogP contribution is 2.35. The first-order chi connectivity index (χ1) is 17.6. The first-order valence-electron chi connectivity index (χ1n) is 11.5. The van der Waals surface area contributed by atoms with Gasteiger partial charge < -0.3 is 15.2 Å². The number of methoxy groups -OCH3 is 1. The van der Waals surface area contributed by atoms with Crippen LogP contribution in [0.1, 0.15) is 56.6 Å². The number of aliphatic hydroxyl groups is 1. The molecule has 37 heavy (non-hydrogen) atoms. The maximum Gasteiger partial charge on any atom is 0.333 e. The predicted octanol–water partition coefficient (Wildman–Crippen LogP) is 3.45. The number of ether oxygens (including phenoxy) is 1. The maximum absolute atomic E-state index is 13.5. The zero-order chi connectivity index (χ0) is 26.6. The Morgan fingerprint density at radius 1 is 1.35 bits per heavy atom. The number of halogens is 1. The number of nitrogens with two attached hydrogens (primary N) is 1. The summed E-state index contributed by atoms with van der Waals surface area (Å²) in [5.41, 5.74) is 1.47. The number of benzene rings is 1. The number of rotatable bonds is 11. The Labute approximate surface area is 224 Å². The number of aromatic nitrogens is 2. The quantitative estimate of drug-likeness (QED) is 0.296. The van der Waals surface area contributed by atoms with Crippen molar-refractivity contribution in [3.63, 3.8) is 0 Å². The number of nitrogens with zero attached hydrogens (tertiary/aromatic N) is 2. The molecular formula is C24H27ClN4O6S2. The Balaban J connectivity index is 1.54. The molecule has 1 saturated carbocycles. The zero-order valence-corrected chi connectivity index (χ0v) is 22.4. The van der Waals surface area contributed by atoms with Crippen molar-refractivity contribution in [2.24, 2.45) is 11.1 Å². The smallest absolute Gasteiger partial charge is 0.333 e. The molecule has 0 aliphatic heterocycles. The van der Waals surface area contributed by atoms with Gasteiger partial charge in [-0.25, -0.2) is 15.1 Å². The van der Waals surface area contributed by atoms with Crippen molar-refractivity contribution in [3.05, 3.63) is 74.3 Å². The van der Waals surface area contributed by atoms with Gasteiger partial charge in [0.15, 0.2) is 0 Å². The molecular weight excluding hydrogens is 540 g/mol. The number of ketones is 1. The van der Waals surface area contributed by atoms with Crippen LogP contribution in [-0.4, -0.2) is 49.0 Å². The van der Waals surface area contributed by atoms with Crippen LogP contribution in [0.5, 0.6) is 0 Å². The van der Waals surface area contributed by atoms with Crippen LogP contribution in [0.25, 0.3) is 0 Å². The highest BCUT2D eigenvalue weighted by atomic mass is 35.5. The maximum atomic E-state index is 13.5. The molecule has 1 aliphatic carbocycles. The molecule has 3 atom stereocenters. The molecule has 0 bridgehead atoms. The summed E-state index contributed by atoms with van der Waals surface area (Å²) >= 11 is 7.34. The Morgan fingerprint density at radius 2 is 2.16 bits per heavy atom. The van der Waals surface area contributed by atoms with Gasteiger partial charge in [-0.3, -0.25) is 8.98 Å². The first-order valence-corrected chi connectivity index (χ1v) is 14.1. The summed E-state index contributed by atoms with van der Waals surface area (Å²) < 4.78 is 32.2. The highest BCUT2D eigenvalue weighted by Gasteiger charge is 2.28. The Morgan fingerprint density at radius 3 is 2.89 bits per heavy atom. The van der Waals surface area contributed by atoms with Gasteiger partial charge in [-0.05, 0) is 48.9 Å². The predicted molar refractivity (Wildman–Crippen MR) is 140 cm³/mol. The van der Waals surface area contributed by atoms with Crippen LogP contribution in [0.2, 0.25) is 5.02 Å². The van der Waals surface area contributed by atoms with Gasteiger partial charge in [-0.15, -0.1) is 11.3 Å². The van der Waals surface area contributed by atoms with Gasteiger partial charge in [0.1, 0.15) is 18.2 Å². The minimum Gasteiger partial charge on any atom is -0.384 e. The lowest BCUT2D eigenvalue weighted by molar-refractivity contribution is 0.104. The molecule has 0 saturated heterocycles. The van der Waals surface area contributed by atoms with Gasteiger partial charge in [-0.1, -0.05) is 23.7 Å². The van der Waals surface area contributed by atoms with E-state index in [0.717, 1.165) is 17.7 Å². The van der Waals surface area contributed by atoms with E-state index in [0.29, 0.717) is 38.8 Å². The molecule has 198 valence electrons. The van der Waals surface area contributed by atoms with E-state index in [4.69, 9.17) is 25.7 Å². The molecule has 1 aromatic carbocycles. The third-order valence-electron chi connectivity index (χ3n) is 6.11. The van der Waals surface area contributed by atoms with Crippen LogP contribution in [-0.2, 0) is 25.8 Å². The van der Waals surface area contributed by atoms with E-state index in [1.54, 1.807) is 37.4 Å². The summed E-state index contributed by atoms with van der Waals surface area (Å²) in [6.07, 6.45) is 3.97. The van der Waals surface area contributed by atoms with E-state index >= 15 is 0 Å². The van der Waals surface area contributed by atoms with E-state index < -0.39 is 16.4 Å². The van der Waals surface area contributed by atoms with Crippen LogP contribution in [0.3, 0.4) is 0 Å². The molecule has 0 radical (unpaired) electrons. The molecule has 2 heterocycles. The number of hydrogen-bond donors (Lipinski definition) is 3.